The van der Waals surface area contributed by atoms with Crippen LogP contribution in [-0.4, -0.2) is 31.4 Å². The Morgan fingerprint density at radius 2 is 2.37 bits per heavy atom. The summed E-state index contributed by atoms with van der Waals surface area (Å²) in [7, 11) is -3.31. The summed E-state index contributed by atoms with van der Waals surface area (Å²) in [5.41, 5.74) is 4.37. The van der Waals surface area contributed by atoms with Crippen molar-refractivity contribution < 1.29 is 13.2 Å². The van der Waals surface area contributed by atoms with Crippen molar-refractivity contribution in [2.45, 2.75) is 36.6 Å². The van der Waals surface area contributed by atoms with Crippen molar-refractivity contribution in [1.29, 1.82) is 0 Å². The largest absolute Gasteiger partial charge is 0.368 e. The number of sulfone groups is 1. The number of hydrogen-bond acceptors (Lipinski definition) is 5. The summed E-state index contributed by atoms with van der Waals surface area (Å²) in [6, 6.07) is 3.86. The molecule has 1 aliphatic carbocycles. The van der Waals surface area contributed by atoms with Crippen molar-refractivity contribution >= 4 is 27.1 Å². The minimum absolute atomic E-state index is 0.465. The molecule has 19 heavy (non-hydrogen) atoms. The molecule has 1 amide bonds. The van der Waals surface area contributed by atoms with Crippen LogP contribution >= 0.6 is 11.3 Å². The molecular weight excluding hydrogens is 284 g/mol. The van der Waals surface area contributed by atoms with E-state index in [1.807, 2.05) is 17.5 Å². The standard InChI is InChI=1S/C12H18N2O3S2/c1-19(16,17)10-5-2-6-12(10,11(13)15)14-8-9-4-3-7-18-9/h3-4,7,10,14H,2,5-6,8H2,1H3,(H2,13,15). The van der Waals surface area contributed by atoms with Gasteiger partial charge in [-0.25, -0.2) is 8.42 Å². The summed E-state index contributed by atoms with van der Waals surface area (Å²) >= 11 is 1.56. The smallest absolute Gasteiger partial charge is 0.239 e. The molecule has 0 radical (unpaired) electrons. The molecule has 0 saturated heterocycles. The van der Waals surface area contributed by atoms with Gasteiger partial charge in [0.2, 0.25) is 5.91 Å². The number of nitrogens with two attached hydrogens (primary N) is 1. The summed E-state index contributed by atoms with van der Waals surface area (Å²) in [5, 5.41) is 4.33. The van der Waals surface area contributed by atoms with E-state index in [-0.39, 0.29) is 0 Å². The first-order valence-corrected chi connectivity index (χ1v) is 8.96. The normalized spacial score (nSPS) is 27.5. The molecule has 1 aromatic rings. The van der Waals surface area contributed by atoms with Crippen molar-refractivity contribution in [3.63, 3.8) is 0 Å². The predicted octanol–water partition coefficient (Wildman–Crippen LogP) is 0.659. The van der Waals surface area contributed by atoms with E-state index in [9.17, 15) is 13.2 Å². The molecule has 0 bridgehead atoms. The molecule has 1 aliphatic rings. The Morgan fingerprint density at radius 1 is 1.63 bits per heavy atom. The first kappa shape index (κ1) is 14.5. The summed E-state index contributed by atoms with van der Waals surface area (Å²) in [6.07, 6.45) is 2.83. The number of primary amides is 1. The van der Waals surface area contributed by atoms with Crippen LogP contribution in [-0.2, 0) is 21.2 Å². The van der Waals surface area contributed by atoms with Crippen LogP contribution in [0.5, 0.6) is 0 Å². The Kier molecular flexibility index (Phi) is 3.98. The van der Waals surface area contributed by atoms with E-state index in [0.717, 1.165) is 4.88 Å². The van der Waals surface area contributed by atoms with Crippen LogP contribution in [0.4, 0.5) is 0 Å². The van der Waals surface area contributed by atoms with Gasteiger partial charge in [-0.3, -0.25) is 10.1 Å². The number of thiophene rings is 1. The van der Waals surface area contributed by atoms with Gasteiger partial charge in [-0.2, -0.15) is 0 Å². The lowest BCUT2D eigenvalue weighted by molar-refractivity contribution is -0.124. The molecule has 1 heterocycles. The molecule has 7 heteroatoms. The zero-order chi connectivity index (χ0) is 14.1. The van der Waals surface area contributed by atoms with Gasteiger partial charge in [-0.1, -0.05) is 6.07 Å². The first-order chi connectivity index (χ1) is 8.86. The second-order valence-electron chi connectivity index (χ2n) is 4.98. The summed E-state index contributed by atoms with van der Waals surface area (Å²) in [6.45, 7) is 0.465. The lowest BCUT2D eigenvalue weighted by atomic mass is 9.96. The highest BCUT2D eigenvalue weighted by Gasteiger charge is 2.52. The highest BCUT2D eigenvalue weighted by molar-refractivity contribution is 7.91. The third-order valence-electron chi connectivity index (χ3n) is 3.70. The van der Waals surface area contributed by atoms with Gasteiger partial charge in [0.1, 0.15) is 5.54 Å². The quantitative estimate of drug-likeness (QED) is 0.836. The third-order valence-corrected chi connectivity index (χ3v) is 6.25. The SMILES string of the molecule is CS(=O)(=O)C1CCCC1(NCc1cccs1)C(N)=O. The maximum absolute atomic E-state index is 11.9. The molecule has 2 atom stereocenters. The van der Waals surface area contributed by atoms with E-state index in [1.54, 1.807) is 11.3 Å². The fraction of sp³-hybridized carbons (Fsp3) is 0.583. The maximum atomic E-state index is 11.9. The van der Waals surface area contributed by atoms with Gasteiger partial charge in [0.25, 0.3) is 0 Å². The van der Waals surface area contributed by atoms with Crippen molar-refractivity contribution in [2.75, 3.05) is 6.26 Å². The molecule has 2 unspecified atom stereocenters. The van der Waals surface area contributed by atoms with Gasteiger partial charge in [-0.05, 0) is 30.7 Å². The Labute approximate surface area is 117 Å². The van der Waals surface area contributed by atoms with Crippen LogP contribution in [0.2, 0.25) is 0 Å². The molecule has 0 aromatic carbocycles. The molecule has 2 rings (SSSR count). The van der Waals surface area contributed by atoms with E-state index in [1.165, 1.54) is 6.26 Å². The van der Waals surface area contributed by atoms with Gasteiger partial charge in [-0.15, -0.1) is 11.3 Å². The monoisotopic (exact) mass is 302 g/mol. The number of amides is 1. The number of nitrogens with one attached hydrogen (secondary N) is 1. The lowest BCUT2D eigenvalue weighted by Gasteiger charge is -2.32. The second kappa shape index (κ2) is 5.22. The van der Waals surface area contributed by atoms with Gasteiger partial charge in [0.05, 0.1) is 5.25 Å². The van der Waals surface area contributed by atoms with E-state index < -0.39 is 26.5 Å². The van der Waals surface area contributed by atoms with Crippen molar-refractivity contribution in [3.8, 4) is 0 Å². The van der Waals surface area contributed by atoms with E-state index in [4.69, 9.17) is 5.73 Å². The Bertz CT molecular complexity index is 554. The van der Waals surface area contributed by atoms with Crippen molar-refractivity contribution in [1.82, 2.24) is 5.32 Å². The van der Waals surface area contributed by atoms with Crippen LogP contribution in [0.3, 0.4) is 0 Å². The number of carbonyl (C=O) groups excluding carboxylic acids is 1. The number of carbonyl (C=O) groups is 1. The fourth-order valence-corrected chi connectivity index (χ4v) is 5.07. The average molecular weight is 302 g/mol. The van der Waals surface area contributed by atoms with Gasteiger partial charge in [0, 0.05) is 17.7 Å². The first-order valence-electron chi connectivity index (χ1n) is 6.12. The minimum Gasteiger partial charge on any atom is -0.368 e. The molecule has 1 fully saturated rings. The van der Waals surface area contributed by atoms with E-state index in [0.29, 0.717) is 25.8 Å². The fourth-order valence-electron chi connectivity index (χ4n) is 2.78. The Balaban J connectivity index is 2.25. The highest BCUT2D eigenvalue weighted by atomic mass is 32.2. The zero-order valence-electron chi connectivity index (χ0n) is 10.8. The van der Waals surface area contributed by atoms with E-state index in [2.05, 4.69) is 5.32 Å². The summed E-state index contributed by atoms with van der Waals surface area (Å²) in [5.74, 6) is -0.572. The molecule has 3 N–H and O–H groups in total. The molecule has 1 aromatic heterocycles. The molecule has 1 saturated carbocycles. The molecular formula is C12H18N2O3S2. The molecule has 0 spiro atoms. The molecule has 106 valence electrons. The molecule has 5 nitrogen and oxygen atoms in total. The van der Waals surface area contributed by atoms with Crippen LogP contribution in [0.25, 0.3) is 0 Å². The lowest BCUT2D eigenvalue weighted by Crippen LogP contribution is -2.61. The Hall–Kier alpha value is -0.920. The van der Waals surface area contributed by atoms with Gasteiger partial charge < -0.3 is 5.73 Å². The number of hydrogen-bond donors (Lipinski definition) is 2. The highest BCUT2D eigenvalue weighted by Crippen LogP contribution is 2.35. The molecule has 0 aliphatic heterocycles. The van der Waals surface area contributed by atoms with Crippen molar-refractivity contribution in [2.24, 2.45) is 5.73 Å². The number of rotatable bonds is 5. The minimum atomic E-state index is -3.31. The van der Waals surface area contributed by atoms with Gasteiger partial charge >= 0.3 is 0 Å². The summed E-state index contributed by atoms with van der Waals surface area (Å²) in [4.78, 5) is 12.9. The van der Waals surface area contributed by atoms with Crippen molar-refractivity contribution in [3.05, 3.63) is 22.4 Å². The van der Waals surface area contributed by atoms with Gasteiger partial charge in [0.15, 0.2) is 9.84 Å². The predicted molar refractivity (Wildman–Crippen MR) is 75.6 cm³/mol. The Morgan fingerprint density at radius 3 is 2.89 bits per heavy atom. The van der Waals surface area contributed by atoms with Crippen LogP contribution in [0, 0.1) is 0 Å². The second-order valence-corrected chi connectivity index (χ2v) is 8.24. The zero-order valence-corrected chi connectivity index (χ0v) is 12.4. The van der Waals surface area contributed by atoms with E-state index >= 15 is 0 Å². The van der Waals surface area contributed by atoms with Crippen LogP contribution < -0.4 is 11.1 Å². The summed E-state index contributed by atoms with van der Waals surface area (Å²) < 4.78 is 23.7. The maximum Gasteiger partial charge on any atom is 0.239 e. The van der Waals surface area contributed by atoms with Crippen LogP contribution in [0.1, 0.15) is 24.1 Å². The average Bonchev–Trinajstić information content (AvgIpc) is 2.95. The third kappa shape index (κ3) is 2.82. The topological polar surface area (TPSA) is 89.3 Å². The van der Waals surface area contributed by atoms with Crippen LogP contribution in [0.15, 0.2) is 17.5 Å².